The predicted octanol–water partition coefficient (Wildman–Crippen LogP) is 4.68. The summed E-state index contributed by atoms with van der Waals surface area (Å²) in [4.78, 5) is 12.3. The Morgan fingerprint density at radius 3 is 2.53 bits per heavy atom. The largest absolute Gasteiger partial charge is 0.324 e. The molecule has 1 aromatic rings. The number of hydrogen-bond donors (Lipinski definition) is 1. The van der Waals surface area contributed by atoms with Gasteiger partial charge >= 0.3 is 0 Å². The van der Waals surface area contributed by atoms with E-state index in [9.17, 15) is 10.1 Å². The summed E-state index contributed by atoms with van der Waals surface area (Å²) in [5, 5.41) is 12.6. The van der Waals surface area contributed by atoms with Crippen LogP contribution in [-0.2, 0) is 4.79 Å². The van der Waals surface area contributed by atoms with E-state index in [0.717, 1.165) is 10.0 Å². The molecule has 0 atom stereocenters. The number of benzene rings is 1. The van der Waals surface area contributed by atoms with E-state index >= 15 is 0 Å². The standard InChI is InChI=1S/C14H16BrClN2O/c1-4-14(5-2,8-17)13(19)18-12-7-11(16)9(3)6-10(12)15/h6-7H,4-5H2,1-3H3,(H,18,19). The van der Waals surface area contributed by atoms with Gasteiger partial charge in [-0.15, -0.1) is 0 Å². The lowest BCUT2D eigenvalue weighted by atomic mass is 9.83. The van der Waals surface area contributed by atoms with Crippen LogP contribution in [0.3, 0.4) is 0 Å². The van der Waals surface area contributed by atoms with E-state index in [0.29, 0.717) is 23.6 Å². The van der Waals surface area contributed by atoms with Crippen LogP contribution in [0.5, 0.6) is 0 Å². The average molecular weight is 344 g/mol. The first kappa shape index (κ1) is 16.0. The first-order valence-electron chi connectivity index (χ1n) is 6.08. The molecule has 0 bridgehead atoms. The van der Waals surface area contributed by atoms with Gasteiger partial charge in [0, 0.05) is 9.50 Å². The molecule has 0 aliphatic carbocycles. The quantitative estimate of drug-likeness (QED) is 0.863. The first-order chi connectivity index (χ1) is 8.90. The zero-order valence-electron chi connectivity index (χ0n) is 11.2. The number of anilines is 1. The molecule has 0 saturated heterocycles. The minimum absolute atomic E-state index is 0.291. The normalized spacial score (nSPS) is 10.9. The Kier molecular flexibility index (Phi) is 5.39. The summed E-state index contributed by atoms with van der Waals surface area (Å²) in [6.07, 6.45) is 0.950. The SMILES string of the molecule is CCC(C#N)(CC)C(=O)Nc1cc(Cl)c(C)cc1Br. The van der Waals surface area contributed by atoms with Crippen molar-refractivity contribution in [3.8, 4) is 6.07 Å². The molecular weight excluding hydrogens is 328 g/mol. The molecule has 3 nitrogen and oxygen atoms in total. The molecule has 0 spiro atoms. The zero-order valence-corrected chi connectivity index (χ0v) is 13.5. The third-order valence-corrected chi connectivity index (χ3v) is 4.42. The van der Waals surface area contributed by atoms with E-state index in [1.54, 1.807) is 6.07 Å². The Morgan fingerprint density at radius 1 is 1.47 bits per heavy atom. The highest BCUT2D eigenvalue weighted by Gasteiger charge is 2.35. The van der Waals surface area contributed by atoms with Crippen LogP contribution in [0.2, 0.25) is 5.02 Å². The number of hydrogen-bond acceptors (Lipinski definition) is 2. The molecule has 0 unspecified atom stereocenters. The monoisotopic (exact) mass is 342 g/mol. The van der Waals surface area contributed by atoms with Gasteiger partial charge in [0.15, 0.2) is 0 Å². The number of amides is 1. The van der Waals surface area contributed by atoms with E-state index in [1.807, 2.05) is 26.8 Å². The molecule has 0 aliphatic rings. The van der Waals surface area contributed by atoms with Crippen molar-refractivity contribution in [1.29, 1.82) is 5.26 Å². The number of nitriles is 1. The Hall–Kier alpha value is -1.05. The van der Waals surface area contributed by atoms with E-state index in [-0.39, 0.29) is 5.91 Å². The second kappa shape index (κ2) is 6.40. The van der Waals surface area contributed by atoms with Gasteiger partial charge in [0.2, 0.25) is 5.91 Å². The molecule has 0 radical (unpaired) electrons. The van der Waals surface area contributed by atoms with Gasteiger partial charge in [-0.05, 0) is 53.4 Å². The van der Waals surface area contributed by atoms with Crippen LogP contribution in [0.4, 0.5) is 5.69 Å². The van der Waals surface area contributed by atoms with E-state index in [1.165, 1.54) is 0 Å². The fourth-order valence-electron chi connectivity index (χ4n) is 1.76. The Bertz CT molecular complexity index is 533. The smallest absolute Gasteiger partial charge is 0.244 e. The number of nitrogens with one attached hydrogen (secondary N) is 1. The van der Waals surface area contributed by atoms with Gasteiger partial charge in [0.05, 0.1) is 11.8 Å². The average Bonchev–Trinajstić information content (AvgIpc) is 2.38. The maximum atomic E-state index is 12.3. The summed E-state index contributed by atoms with van der Waals surface area (Å²) in [5.74, 6) is -0.291. The second-order valence-corrected chi connectivity index (χ2v) is 5.70. The predicted molar refractivity (Wildman–Crippen MR) is 81.1 cm³/mol. The first-order valence-corrected chi connectivity index (χ1v) is 7.25. The lowest BCUT2D eigenvalue weighted by molar-refractivity contribution is -0.123. The highest BCUT2D eigenvalue weighted by molar-refractivity contribution is 9.10. The van der Waals surface area contributed by atoms with Crippen molar-refractivity contribution in [2.45, 2.75) is 33.6 Å². The topological polar surface area (TPSA) is 52.9 Å². The van der Waals surface area contributed by atoms with Crippen molar-refractivity contribution >= 4 is 39.1 Å². The van der Waals surface area contributed by atoms with Crippen molar-refractivity contribution in [2.75, 3.05) is 5.32 Å². The maximum absolute atomic E-state index is 12.3. The zero-order chi connectivity index (χ0) is 14.6. The molecule has 0 saturated carbocycles. The number of carbonyl (C=O) groups is 1. The summed E-state index contributed by atoms with van der Waals surface area (Å²) in [5.41, 5.74) is 0.516. The van der Waals surface area contributed by atoms with Crippen molar-refractivity contribution in [3.05, 3.63) is 27.2 Å². The maximum Gasteiger partial charge on any atom is 0.244 e. The van der Waals surface area contributed by atoms with E-state index < -0.39 is 5.41 Å². The molecule has 19 heavy (non-hydrogen) atoms. The molecular formula is C14H16BrClN2O. The van der Waals surface area contributed by atoms with Crippen LogP contribution in [0.1, 0.15) is 32.3 Å². The molecule has 1 aromatic carbocycles. The van der Waals surface area contributed by atoms with Crippen LogP contribution in [0.25, 0.3) is 0 Å². The molecule has 1 rings (SSSR count). The third-order valence-electron chi connectivity index (χ3n) is 3.35. The van der Waals surface area contributed by atoms with Gasteiger partial charge in [-0.1, -0.05) is 25.4 Å². The lowest BCUT2D eigenvalue weighted by Gasteiger charge is -2.22. The van der Waals surface area contributed by atoms with Crippen LogP contribution in [0, 0.1) is 23.7 Å². The van der Waals surface area contributed by atoms with Crippen LogP contribution in [0.15, 0.2) is 16.6 Å². The highest BCUT2D eigenvalue weighted by Crippen LogP contribution is 2.32. The molecule has 5 heteroatoms. The van der Waals surface area contributed by atoms with Gasteiger partial charge < -0.3 is 5.32 Å². The lowest BCUT2D eigenvalue weighted by Crippen LogP contribution is -2.34. The summed E-state index contributed by atoms with van der Waals surface area (Å²) >= 11 is 9.43. The van der Waals surface area contributed by atoms with Gasteiger partial charge in [-0.25, -0.2) is 0 Å². The van der Waals surface area contributed by atoms with Gasteiger partial charge in [-0.2, -0.15) is 5.26 Å². The minimum Gasteiger partial charge on any atom is -0.324 e. The van der Waals surface area contributed by atoms with Crippen LogP contribution < -0.4 is 5.32 Å². The summed E-state index contributed by atoms with van der Waals surface area (Å²) in [6, 6.07) is 5.64. The highest BCUT2D eigenvalue weighted by atomic mass is 79.9. The Balaban J connectivity index is 3.07. The fraction of sp³-hybridized carbons (Fsp3) is 0.429. The number of halogens is 2. The second-order valence-electron chi connectivity index (χ2n) is 4.44. The van der Waals surface area contributed by atoms with Crippen LogP contribution >= 0.6 is 27.5 Å². The number of aryl methyl sites for hydroxylation is 1. The molecule has 0 heterocycles. The molecule has 0 aliphatic heterocycles. The van der Waals surface area contributed by atoms with Crippen LogP contribution in [-0.4, -0.2) is 5.91 Å². The number of nitrogens with zero attached hydrogens (tertiary/aromatic N) is 1. The Labute approximate surface area is 127 Å². The van der Waals surface area contributed by atoms with Crippen molar-refractivity contribution in [3.63, 3.8) is 0 Å². The fourth-order valence-corrected chi connectivity index (χ4v) is 2.48. The Morgan fingerprint density at radius 2 is 2.05 bits per heavy atom. The van der Waals surface area contributed by atoms with Gasteiger partial charge in [0.1, 0.15) is 5.41 Å². The summed E-state index contributed by atoms with van der Waals surface area (Å²) in [6.45, 7) is 5.56. The van der Waals surface area contributed by atoms with Gasteiger partial charge in [-0.3, -0.25) is 4.79 Å². The molecule has 1 N–H and O–H groups in total. The minimum atomic E-state index is -0.989. The summed E-state index contributed by atoms with van der Waals surface area (Å²) in [7, 11) is 0. The number of carbonyl (C=O) groups excluding carboxylic acids is 1. The molecule has 0 fully saturated rings. The molecule has 102 valence electrons. The van der Waals surface area contributed by atoms with E-state index in [2.05, 4.69) is 27.3 Å². The molecule has 0 aromatic heterocycles. The van der Waals surface area contributed by atoms with Crippen molar-refractivity contribution < 1.29 is 4.79 Å². The van der Waals surface area contributed by atoms with Crippen molar-refractivity contribution in [2.24, 2.45) is 5.41 Å². The number of rotatable bonds is 4. The third kappa shape index (κ3) is 3.29. The summed E-state index contributed by atoms with van der Waals surface area (Å²) < 4.78 is 0.752. The van der Waals surface area contributed by atoms with E-state index in [4.69, 9.17) is 11.6 Å². The van der Waals surface area contributed by atoms with Crippen molar-refractivity contribution in [1.82, 2.24) is 0 Å². The molecule has 1 amide bonds. The van der Waals surface area contributed by atoms with Gasteiger partial charge in [0.25, 0.3) is 0 Å².